The number of aliphatic hydroxyl groups is 1. The van der Waals surface area contributed by atoms with Gasteiger partial charge in [0, 0.05) is 0 Å². The third kappa shape index (κ3) is 2.52. The SMILES string of the molecule is CC(C)C1(O)CN(C(=O)[C@@H]2CC=CC[C@@H]2C(=O)O)C1. The van der Waals surface area contributed by atoms with Gasteiger partial charge in [0.05, 0.1) is 24.9 Å². The molecule has 0 bridgehead atoms. The predicted octanol–water partition coefficient (Wildman–Crippen LogP) is 0.883. The first-order chi connectivity index (χ1) is 8.85. The van der Waals surface area contributed by atoms with Crippen LogP contribution >= 0.6 is 0 Å². The number of amides is 1. The van der Waals surface area contributed by atoms with Crippen molar-refractivity contribution >= 4 is 11.9 Å². The Morgan fingerprint density at radius 1 is 1.21 bits per heavy atom. The molecule has 0 radical (unpaired) electrons. The van der Waals surface area contributed by atoms with Crippen molar-refractivity contribution in [3.8, 4) is 0 Å². The lowest BCUT2D eigenvalue weighted by Gasteiger charge is -2.50. The van der Waals surface area contributed by atoms with Crippen LogP contribution in [-0.2, 0) is 9.59 Å². The molecule has 1 saturated heterocycles. The molecule has 1 fully saturated rings. The number of carbonyl (C=O) groups excluding carboxylic acids is 1. The van der Waals surface area contributed by atoms with E-state index < -0.39 is 23.4 Å². The largest absolute Gasteiger partial charge is 0.481 e. The molecule has 5 nitrogen and oxygen atoms in total. The fourth-order valence-corrected chi connectivity index (χ4v) is 2.73. The quantitative estimate of drug-likeness (QED) is 0.744. The second kappa shape index (κ2) is 4.96. The molecule has 5 heteroatoms. The van der Waals surface area contributed by atoms with Crippen molar-refractivity contribution in [2.45, 2.75) is 32.3 Å². The van der Waals surface area contributed by atoms with Crippen LogP contribution in [0, 0.1) is 17.8 Å². The molecular weight excluding hydrogens is 246 g/mol. The maximum Gasteiger partial charge on any atom is 0.307 e. The molecule has 0 aromatic heterocycles. The van der Waals surface area contributed by atoms with E-state index in [4.69, 9.17) is 5.11 Å². The second-order valence-electron chi connectivity index (χ2n) is 5.95. The number of hydrogen-bond donors (Lipinski definition) is 2. The zero-order chi connectivity index (χ0) is 14.2. The average molecular weight is 267 g/mol. The van der Waals surface area contributed by atoms with E-state index in [0.717, 1.165) is 0 Å². The van der Waals surface area contributed by atoms with E-state index in [1.807, 2.05) is 26.0 Å². The molecule has 0 aromatic rings. The Morgan fingerprint density at radius 3 is 2.21 bits per heavy atom. The molecule has 2 aliphatic rings. The number of likely N-dealkylation sites (tertiary alicyclic amines) is 1. The highest BCUT2D eigenvalue weighted by Gasteiger charge is 2.48. The summed E-state index contributed by atoms with van der Waals surface area (Å²) in [6.45, 7) is 4.47. The topological polar surface area (TPSA) is 77.8 Å². The second-order valence-corrected chi connectivity index (χ2v) is 5.95. The highest BCUT2D eigenvalue weighted by Crippen LogP contribution is 2.34. The fourth-order valence-electron chi connectivity index (χ4n) is 2.73. The molecule has 19 heavy (non-hydrogen) atoms. The minimum absolute atomic E-state index is 0.0954. The number of hydrogen-bond acceptors (Lipinski definition) is 3. The summed E-state index contributed by atoms with van der Waals surface area (Å²) in [5.41, 5.74) is -0.807. The standard InChI is InChI=1S/C14H21NO4/c1-9(2)14(19)7-15(8-14)12(16)10-5-3-4-6-11(10)13(17)18/h3-4,9-11,19H,5-8H2,1-2H3,(H,17,18)/t10-,11+/m1/s1. The molecular formula is C14H21NO4. The van der Waals surface area contributed by atoms with E-state index in [2.05, 4.69) is 0 Å². The number of carboxylic acid groups (broad SMARTS) is 1. The molecule has 1 heterocycles. The van der Waals surface area contributed by atoms with Gasteiger partial charge >= 0.3 is 5.97 Å². The van der Waals surface area contributed by atoms with Crippen LogP contribution in [0.5, 0.6) is 0 Å². The lowest BCUT2D eigenvalue weighted by atomic mass is 9.78. The summed E-state index contributed by atoms with van der Waals surface area (Å²) < 4.78 is 0. The van der Waals surface area contributed by atoms with Crippen molar-refractivity contribution in [2.75, 3.05) is 13.1 Å². The molecule has 1 aliphatic carbocycles. The van der Waals surface area contributed by atoms with E-state index in [0.29, 0.717) is 25.9 Å². The predicted molar refractivity (Wildman–Crippen MR) is 69.4 cm³/mol. The van der Waals surface area contributed by atoms with Crippen molar-refractivity contribution < 1.29 is 19.8 Å². The Morgan fingerprint density at radius 2 is 1.74 bits per heavy atom. The first kappa shape index (κ1) is 14.1. The van der Waals surface area contributed by atoms with Crippen molar-refractivity contribution in [2.24, 2.45) is 17.8 Å². The van der Waals surface area contributed by atoms with Gasteiger partial charge in [-0.2, -0.15) is 0 Å². The lowest BCUT2D eigenvalue weighted by Crippen LogP contribution is -2.67. The molecule has 0 aromatic carbocycles. The third-order valence-electron chi connectivity index (χ3n) is 4.38. The van der Waals surface area contributed by atoms with E-state index in [9.17, 15) is 14.7 Å². The summed E-state index contributed by atoms with van der Waals surface area (Å²) in [5, 5.41) is 19.3. The number of carboxylic acids is 1. The zero-order valence-electron chi connectivity index (χ0n) is 11.4. The maximum absolute atomic E-state index is 12.3. The lowest BCUT2D eigenvalue weighted by molar-refractivity contribution is -0.171. The van der Waals surface area contributed by atoms with Crippen LogP contribution in [0.1, 0.15) is 26.7 Å². The van der Waals surface area contributed by atoms with Crippen LogP contribution in [0.15, 0.2) is 12.2 Å². The van der Waals surface area contributed by atoms with Gasteiger partial charge in [0.25, 0.3) is 0 Å². The first-order valence-electron chi connectivity index (χ1n) is 6.74. The highest BCUT2D eigenvalue weighted by molar-refractivity contribution is 5.86. The summed E-state index contributed by atoms with van der Waals surface area (Å²) in [6, 6.07) is 0. The summed E-state index contributed by atoms with van der Waals surface area (Å²) in [7, 11) is 0. The van der Waals surface area contributed by atoms with Crippen LogP contribution in [-0.4, -0.2) is 45.7 Å². The molecule has 0 spiro atoms. The van der Waals surface area contributed by atoms with Gasteiger partial charge in [0.1, 0.15) is 5.60 Å². The summed E-state index contributed by atoms with van der Waals surface area (Å²) in [4.78, 5) is 25.1. The number of carbonyl (C=O) groups is 2. The van der Waals surface area contributed by atoms with Crippen LogP contribution in [0.2, 0.25) is 0 Å². The molecule has 0 saturated carbocycles. The van der Waals surface area contributed by atoms with Crippen LogP contribution < -0.4 is 0 Å². The zero-order valence-corrected chi connectivity index (χ0v) is 11.4. The Hall–Kier alpha value is -1.36. The summed E-state index contributed by atoms with van der Waals surface area (Å²) >= 11 is 0. The van der Waals surface area contributed by atoms with Gasteiger partial charge in [-0.05, 0) is 18.8 Å². The molecule has 106 valence electrons. The number of β-amino-alcohol motifs (C(OH)–C–C–N with tert-alkyl or cyclic N) is 1. The summed E-state index contributed by atoms with van der Waals surface area (Å²) in [6.07, 6.45) is 4.58. The molecule has 2 N–H and O–H groups in total. The first-order valence-corrected chi connectivity index (χ1v) is 6.74. The Labute approximate surface area is 112 Å². The van der Waals surface area contributed by atoms with Crippen molar-refractivity contribution in [3.05, 3.63) is 12.2 Å². The molecule has 1 amide bonds. The van der Waals surface area contributed by atoms with Gasteiger partial charge < -0.3 is 15.1 Å². The van der Waals surface area contributed by atoms with Crippen LogP contribution in [0.25, 0.3) is 0 Å². The van der Waals surface area contributed by atoms with Gasteiger partial charge in [-0.1, -0.05) is 26.0 Å². The van der Waals surface area contributed by atoms with Gasteiger partial charge in [-0.3, -0.25) is 9.59 Å². The average Bonchev–Trinajstić information content (AvgIpc) is 2.33. The summed E-state index contributed by atoms with van der Waals surface area (Å²) in [5.74, 6) is -2.08. The van der Waals surface area contributed by atoms with Crippen molar-refractivity contribution in [1.82, 2.24) is 4.90 Å². The van der Waals surface area contributed by atoms with E-state index in [1.165, 1.54) is 0 Å². The maximum atomic E-state index is 12.3. The smallest absolute Gasteiger partial charge is 0.307 e. The van der Waals surface area contributed by atoms with Crippen LogP contribution in [0.3, 0.4) is 0 Å². The molecule has 2 atom stereocenters. The van der Waals surface area contributed by atoms with Gasteiger partial charge in [0.15, 0.2) is 0 Å². The number of allylic oxidation sites excluding steroid dienone is 2. The van der Waals surface area contributed by atoms with Crippen molar-refractivity contribution in [1.29, 1.82) is 0 Å². The molecule has 1 aliphatic heterocycles. The Balaban J connectivity index is 2.01. The number of rotatable bonds is 3. The van der Waals surface area contributed by atoms with Gasteiger partial charge in [-0.25, -0.2) is 0 Å². The van der Waals surface area contributed by atoms with Gasteiger partial charge in [0.2, 0.25) is 5.91 Å². The van der Waals surface area contributed by atoms with Crippen LogP contribution in [0.4, 0.5) is 0 Å². The number of aliphatic carboxylic acids is 1. The Kier molecular flexibility index (Phi) is 3.67. The molecule has 0 unspecified atom stereocenters. The molecule has 2 rings (SSSR count). The minimum Gasteiger partial charge on any atom is -0.481 e. The van der Waals surface area contributed by atoms with Gasteiger partial charge in [-0.15, -0.1) is 0 Å². The minimum atomic E-state index is -0.914. The third-order valence-corrected chi connectivity index (χ3v) is 4.38. The fraction of sp³-hybridized carbons (Fsp3) is 0.714. The van der Waals surface area contributed by atoms with E-state index >= 15 is 0 Å². The monoisotopic (exact) mass is 267 g/mol. The Bertz CT molecular complexity index is 410. The van der Waals surface area contributed by atoms with E-state index in [-0.39, 0.29) is 11.8 Å². The number of nitrogens with zero attached hydrogens (tertiary/aromatic N) is 1. The van der Waals surface area contributed by atoms with Crippen molar-refractivity contribution in [3.63, 3.8) is 0 Å². The normalized spacial score (nSPS) is 29.2. The highest BCUT2D eigenvalue weighted by atomic mass is 16.4. The van der Waals surface area contributed by atoms with E-state index in [1.54, 1.807) is 4.90 Å².